The molecule has 8 heteroatoms. The topological polar surface area (TPSA) is 79.8 Å². The van der Waals surface area contributed by atoms with Crippen molar-refractivity contribution in [3.63, 3.8) is 0 Å². The standard InChI is InChI=1S/C19H25N3O3S.HI/c1-20-19(21-13-12-15-4-8-17(25-2)9-5-15)22-14-16-6-10-18(11-7-16)26(3,23)24;/h4-11H,12-14H2,1-3H3,(H2,20,21,22);1H. The van der Waals surface area contributed by atoms with Crippen molar-refractivity contribution in [1.82, 2.24) is 10.6 Å². The van der Waals surface area contributed by atoms with Crippen LogP contribution in [0.3, 0.4) is 0 Å². The van der Waals surface area contributed by atoms with Crippen LogP contribution in [0.2, 0.25) is 0 Å². The maximum atomic E-state index is 11.5. The lowest BCUT2D eigenvalue weighted by Crippen LogP contribution is -2.37. The predicted molar refractivity (Wildman–Crippen MR) is 120 cm³/mol. The summed E-state index contributed by atoms with van der Waals surface area (Å²) in [5.41, 5.74) is 2.20. The van der Waals surface area contributed by atoms with E-state index in [1.54, 1.807) is 38.4 Å². The summed E-state index contributed by atoms with van der Waals surface area (Å²) in [5, 5.41) is 6.48. The largest absolute Gasteiger partial charge is 0.497 e. The van der Waals surface area contributed by atoms with Crippen LogP contribution in [0.5, 0.6) is 5.75 Å². The molecule has 0 aliphatic heterocycles. The van der Waals surface area contributed by atoms with Gasteiger partial charge in [-0.2, -0.15) is 0 Å². The Balaban J connectivity index is 0.00000364. The average Bonchev–Trinajstić information content (AvgIpc) is 2.64. The van der Waals surface area contributed by atoms with Gasteiger partial charge in [-0.1, -0.05) is 24.3 Å². The molecule has 0 saturated carbocycles. The fourth-order valence-electron chi connectivity index (χ4n) is 2.38. The van der Waals surface area contributed by atoms with Crippen molar-refractivity contribution in [2.75, 3.05) is 27.0 Å². The first-order valence-corrected chi connectivity index (χ1v) is 10.2. The van der Waals surface area contributed by atoms with Crippen LogP contribution in [0.1, 0.15) is 11.1 Å². The Labute approximate surface area is 178 Å². The zero-order valence-corrected chi connectivity index (χ0v) is 18.9. The highest BCUT2D eigenvalue weighted by atomic mass is 127. The molecule has 0 aromatic heterocycles. The van der Waals surface area contributed by atoms with Gasteiger partial charge in [0.15, 0.2) is 15.8 Å². The number of methoxy groups -OCH3 is 1. The third kappa shape index (κ3) is 7.76. The normalized spacial score (nSPS) is 11.4. The average molecular weight is 503 g/mol. The van der Waals surface area contributed by atoms with E-state index in [0.29, 0.717) is 17.4 Å². The molecule has 2 aromatic rings. The zero-order valence-electron chi connectivity index (χ0n) is 15.7. The molecular weight excluding hydrogens is 477 g/mol. The van der Waals surface area contributed by atoms with Crippen LogP contribution in [0.25, 0.3) is 0 Å². The van der Waals surface area contributed by atoms with Crippen molar-refractivity contribution >= 4 is 39.8 Å². The molecule has 0 saturated heterocycles. The second-order valence-electron chi connectivity index (χ2n) is 5.87. The van der Waals surface area contributed by atoms with E-state index in [1.807, 2.05) is 24.3 Å². The summed E-state index contributed by atoms with van der Waals surface area (Å²) in [6, 6.07) is 14.8. The quantitative estimate of drug-likeness (QED) is 0.345. The Morgan fingerprint density at radius 2 is 1.59 bits per heavy atom. The Kier molecular flexibility index (Phi) is 9.57. The molecule has 2 aromatic carbocycles. The molecule has 0 aliphatic rings. The lowest BCUT2D eigenvalue weighted by atomic mass is 10.1. The number of ether oxygens (including phenoxy) is 1. The molecule has 0 fully saturated rings. The number of guanidine groups is 1. The lowest BCUT2D eigenvalue weighted by molar-refractivity contribution is 0.414. The van der Waals surface area contributed by atoms with Gasteiger partial charge in [0.2, 0.25) is 0 Å². The minimum Gasteiger partial charge on any atom is -0.497 e. The molecule has 148 valence electrons. The number of rotatable bonds is 7. The van der Waals surface area contributed by atoms with Crippen LogP contribution in [0.15, 0.2) is 58.4 Å². The van der Waals surface area contributed by atoms with E-state index >= 15 is 0 Å². The Hall–Kier alpha value is -1.81. The number of hydrogen-bond donors (Lipinski definition) is 2. The van der Waals surface area contributed by atoms with Crippen molar-refractivity contribution in [2.24, 2.45) is 4.99 Å². The van der Waals surface area contributed by atoms with Gasteiger partial charge < -0.3 is 15.4 Å². The Morgan fingerprint density at radius 1 is 1.00 bits per heavy atom. The molecule has 0 bridgehead atoms. The van der Waals surface area contributed by atoms with E-state index in [1.165, 1.54) is 11.8 Å². The van der Waals surface area contributed by atoms with Crippen molar-refractivity contribution < 1.29 is 13.2 Å². The molecule has 0 radical (unpaired) electrons. The van der Waals surface area contributed by atoms with E-state index < -0.39 is 9.84 Å². The summed E-state index contributed by atoms with van der Waals surface area (Å²) in [6.07, 6.45) is 2.07. The number of aliphatic imine (C=N–C) groups is 1. The highest BCUT2D eigenvalue weighted by Gasteiger charge is 2.06. The summed E-state index contributed by atoms with van der Waals surface area (Å²) in [4.78, 5) is 4.52. The van der Waals surface area contributed by atoms with E-state index in [-0.39, 0.29) is 24.0 Å². The molecule has 27 heavy (non-hydrogen) atoms. The summed E-state index contributed by atoms with van der Waals surface area (Å²) >= 11 is 0. The number of halogens is 1. The number of nitrogens with zero attached hydrogens (tertiary/aromatic N) is 1. The smallest absolute Gasteiger partial charge is 0.191 e. The second-order valence-corrected chi connectivity index (χ2v) is 7.88. The first-order valence-electron chi connectivity index (χ1n) is 8.29. The van der Waals surface area contributed by atoms with Gasteiger partial charge in [-0.25, -0.2) is 8.42 Å². The van der Waals surface area contributed by atoms with Crippen molar-refractivity contribution in [1.29, 1.82) is 0 Å². The predicted octanol–water partition coefficient (Wildman–Crippen LogP) is 2.62. The fraction of sp³-hybridized carbons (Fsp3) is 0.316. The van der Waals surface area contributed by atoms with Crippen LogP contribution in [0, 0.1) is 0 Å². The van der Waals surface area contributed by atoms with Crippen molar-refractivity contribution in [3.05, 3.63) is 59.7 Å². The molecule has 2 rings (SSSR count). The van der Waals surface area contributed by atoms with E-state index in [4.69, 9.17) is 4.74 Å². The van der Waals surface area contributed by atoms with Crippen molar-refractivity contribution in [2.45, 2.75) is 17.9 Å². The minimum atomic E-state index is -3.16. The number of hydrogen-bond acceptors (Lipinski definition) is 4. The molecular formula is C19H26IN3O3S. The molecule has 0 heterocycles. The van der Waals surface area contributed by atoms with Gasteiger partial charge in [0, 0.05) is 26.4 Å². The maximum Gasteiger partial charge on any atom is 0.191 e. The first-order chi connectivity index (χ1) is 12.4. The molecule has 2 N–H and O–H groups in total. The highest BCUT2D eigenvalue weighted by molar-refractivity contribution is 14.0. The zero-order chi connectivity index (χ0) is 19.0. The van der Waals surface area contributed by atoms with Gasteiger partial charge in [0.25, 0.3) is 0 Å². The van der Waals surface area contributed by atoms with Gasteiger partial charge in [0.05, 0.1) is 12.0 Å². The summed E-state index contributed by atoms with van der Waals surface area (Å²) in [7, 11) is 0.209. The van der Waals surface area contributed by atoms with Crippen LogP contribution in [-0.4, -0.2) is 41.3 Å². The molecule has 0 atom stereocenters. The first kappa shape index (κ1) is 23.2. The van der Waals surface area contributed by atoms with Crippen LogP contribution >= 0.6 is 24.0 Å². The third-order valence-electron chi connectivity index (χ3n) is 3.90. The monoisotopic (exact) mass is 503 g/mol. The molecule has 0 aliphatic carbocycles. The van der Waals surface area contributed by atoms with Gasteiger partial charge in [-0.15, -0.1) is 24.0 Å². The SMILES string of the molecule is CN=C(NCCc1ccc(OC)cc1)NCc1ccc(S(C)(=O)=O)cc1.I. The van der Waals surface area contributed by atoms with Gasteiger partial charge >= 0.3 is 0 Å². The summed E-state index contributed by atoms with van der Waals surface area (Å²) in [6.45, 7) is 1.31. The molecule has 6 nitrogen and oxygen atoms in total. The molecule has 0 spiro atoms. The van der Waals surface area contributed by atoms with Crippen LogP contribution in [0.4, 0.5) is 0 Å². The third-order valence-corrected chi connectivity index (χ3v) is 5.03. The number of sulfone groups is 1. The number of benzene rings is 2. The van der Waals surface area contributed by atoms with Gasteiger partial charge in [0.1, 0.15) is 5.75 Å². The summed E-state index contributed by atoms with van der Waals surface area (Å²) < 4.78 is 28.1. The van der Waals surface area contributed by atoms with E-state index in [2.05, 4.69) is 15.6 Å². The molecule has 0 unspecified atom stereocenters. The van der Waals surface area contributed by atoms with Crippen LogP contribution < -0.4 is 15.4 Å². The maximum absolute atomic E-state index is 11.5. The lowest BCUT2D eigenvalue weighted by Gasteiger charge is -2.12. The van der Waals surface area contributed by atoms with Gasteiger partial charge in [-0.05, 0) is 41.8 Å². The van der Waals surface area contributed by atoms with E-state index in [9.17, 15) is 8.42 Å². The second kappa shape index (κ2) is 11.1. The highest BCUT2D eigenvalue weighted by Crippen LogP contribution is 2.11. The van der Waals surface area contributed by atoms with Crippen molar-refractivity contribution in [3.8, 4) is 5.75 Å². The van der Waals surface area contributed by atoms with E-state index in [0.717, 1.165) is 24.3 Å². The minimum absolute atomic E-state index is 0. The van der Waals surface area contributed by atoms with Gasteiger partial charge in [-0.3, -0.25) is 4.99 Å². The Morgan fingerprint density at radius 3 is 2.11 bits per heavy atom. The van der Waals surface area contributed by atoms with Crippen LogP contribution in [-0.2, 0) is 22.8 Å². The Bertz CT molecular complexity index is 836. The number of nitrogens with one attached hydrogen (secondary N) is 2. The fourth-order valence-corrected chi connectivity index (χ4v) is 3.01. The molecule has 0 amide bonds. The summed E-state index contributed by atoms with van der Waals surface area (Å²) in [5.74, 6) is 1.55.